The van der Waals surface area contributed by atoms with E-state index in [1.807, 2.05) is 20.8 Å². The van der Waals surface area contributed by atoms with Crippen LogP contribution in [0.15, 0.2) is 0 Å². The Bertz CT molecular complexity index is 312. The van der Waals surface area contributed by atoms with E-state index in [2.05, 4.69) is 5.92 Å². The molecular formula is C11H18N2O3. The second-order valence-corrected chi connectivity index (χ2v) is 4.64. The fourth-order valence-corrected chi connectivity index (χ4v) is 1.05. The summed E-state index contributed by atoms with van der Waals surface area (Å²) in [7, 11) is 0. The van der Waals surface area contributed by atoms with Gasteiger partial charge in [-0.2, -0.15) is 0 Å². The maximum absolute atomic E-state index is 11.9. The molecule has 0 aliphatic rings. The molecule has 1 atom stereocenters. The van der Waals surface area contributed by atoms with Gasteiger partial charge in [0.2, 0.25) is 5.91 Å². The molecule has 0 aliphatic heterocycles. The fraction of sp³-hybridized carbons (Fsp3) is 0.636. The molecule has 0 unspecified atom stereocenters. The lowest BCUT2D eigenvalue weighted by molar-refractivity contribution is -0.145. The minimum absolute atomic E-state index is 0.0467. The van der Waals surface area contributed by atoms with Crippen LogP contribution < -0.4 is 5.73 Å². The van der Waals surface area contributed by atoms with E-state index in [1.165, 1.54) is 0 Å². The fourth-order valence-electron chi connectivity index (χ4n) is 1.05. The van der Waals surface area contributed by atoms with Gasteiger partial charge in [-0.3, -0.25) is 9.59 Å². The van der Waals surface area contributed by atoms with Crippen molar-refractivity contribution in [2.24, 2.45) is 11.1 Å². The predicted molar refractivity (Wildman–Crippen MR) is 60.5 cm³/mol. The summed E-state index contributed by atoms with van der Waals surface area (Å²) < 4.78 is 0. The number of amides is 1. The Hall–Kier alpha value is -1.54. The summed E-state index contributed by atoms with van der Waals surface area (Å²) in [6.45, 7) is 4.96. The molecule has 0 rings (SSSR count). The normalized spacial score (nSPS) is 12.7. The van der Waals surface area contributed by atoms with E-state index in [0.717, 1.165) is 4.90 Å². The average molecular weight is 226 g/mol. The smallest absolute Gasteiger partial charge is 0.323 e. The van der Waals surface area contributed by atoms with Crippen molar-refractivity contribution in [3.8, 4) is 12.3 Å². The van der Waals surface area contributed by atoms with Crippen LogP contribution in [-0.4, -0.2) is 41.0 Å². The monoisotopic (exact) mass is 226 g/mol. The van der Waals surface area contributed by atoms with Crippen molar-refractivity contribution in [1.82, 2.24) is 4.90 Å². The van der Waals surface area contributed by atoms with Gasteiger partial charge < -0.3 is 15.7 Å². The first-order valence-corrected chi connectivity index (χ1v) is 4.89. The molecule has 1 amide bonds. The van der Waals surface area contributed by atoms with Gasteiger partial charge >= 0.3 is 5.97 Å². The molecule has 90 valence electrons. The van der Waals surface area contributed by atoms with Crippen LogP contribution in [0.3, 0.4) is 0 Å². The largest absolute Gasteiger partial charge is 0.480 e. The standard InChI is InChI=1S/C11H18N2O3/c1-5-6-13(7-8(14)15)10(16)9(12)11(2,3)4/h1,9H,6-7,12H2,2-4H3,(H,14,15)/t9-/m0/s1. The first-order valence-electron chi connectivity index (χ1n) is 4.89. The van der Waals surface area contributed by atoms with Crippen molar-refractivity contribution in [2.45, 2.75) is 26.8 Å². The lowest BCUT2D eigenvalue weighted by Gasteiger charge is -2.30. The van der Waals surface area contributed by atoms with Gasteiger partial charge in [-0.05, 0) is 5.41 Å². The molecule has 0 spiro atoms. The SMILES string of the molecule is C#CCN(CC(=O)O)C(=O)[C@H](N)C(C)(C)C. The lowest BCUT2D eigenvalue weighted by Crippen LogP contribution is -2.51. The molecule has 0 fully saturated rings. The highest BCUT2D eigenvalue weighted by Gasteiger charge is 2.31. The summed E-state index contributed by atoms with van der Waals surface area (Å²) >= 11 is 0. The molecule has 0 aromatic carbocycles. The quantitative estimate of drug-likeness (QED) is 0.656. The van der Waals surface area contributed by atoms with Crippen LogP contribution in [0.1, 0.15) is 20.8 Å². The summed E-state index contributed by atoms with van der Waals surface area (Å²) in [6.07, 6.45) is 5.07. The van der Waals surface area contributed by atoms with Crippen molar-refractivity contribution in [2.75, 3.05) is 13.1 Å². The van der Waals surface area contributed by atoms with Crippen LogP contribution in [-0.2, 0) is 9.59 Å². The molecular weight excluding hydrogens is 208 g/mol. The number of carboxylic acids is 1. The third kappa shape index (κ3) is 4.32. The zero-order valence-corrected chi connectivity index (χ0v) is 9.86. The average Bonchev–Trinajstić information content (AvgIpc) is 2.12. The number of hydrogen-bond acceptors (Lipinski definition) is 3. The minimum Gasteiger partial charge on any atom is -0.480 e. The Morgan fingerprint density at radius 1 is 1.50 bits per heavy atom. The number of carbonyl (C=O) groups excluding carboxylic acids is 1. The van der Waals surface area contributed by atoms with Crippen molar-refractivity contribution in [1.29, 1.82) is 0 Å². The molecule has 0 saturated heterocycles. The minimum atomic E-state index is -1.11. The summed E-state index contributed by atoms with van der Waals surface area (Å²) in [5.74, 6) is 0.703. The molecule has 0 saturated carbocycles. The van der Waals surface area contributed by atoms with Crippen LogP contribution in [0.25, 0.3) is 0 Å². The van der Waals surface area contributed by atoms with E-state index in [0.29, 0.717) is 0 Å². The van der Waals surface area contributed by atoms with Gasteiger partial charge in [-0.25, -0.2) is 0 Å². The van der Waals surface area contributed by atoms with Crippen LogP contribution in [0.5, 0.6) is 0 Å². The molecule has 3 N–H and O–H groups in total. The van der Waals surface area contributed by atoms with Crippen molar-refractivity contribution in [3.05, 3.63) is 0 Å². The Morgan fingerprint density at radius 3 is 2.31 bits per heavy atom. The van der Waals surface area contributed by atoms with Crippen molar-refractivity contribution >= 4 is 11.9 Å². The maximum atomic E-state index is 11.9. The van der Waals surface area contributed by atoms with E-state index in [-0.39, 0.29) is 6.54 Å². The van der Waals surface area contributed by atoms with Crippen LogP contribution >= 0.6 is 0 Å². The first-order chi connectivity index (χ1) is 7.20. The van der Waals surface area contributed by atoms with Crippen LogP contribution in [0.2, 0.25) is 0 Å². The molecule has 0 aromatic rings. The molecule has 0 heterocycles. The molecule has 0 aliphatic carbocycles. The van der Waals surface area contributed by atoms with E-state index in [9.17, 15) is 9.59 Å². The molecule has 0 bridgehead atoms. The number of carboxylic acid groups (broad SMARTS) is 1. The van der Waals surface area contributed by atoms with E-state index >= 15 is 0 Å². The summed E-state index contributed by atoms with van der Waals surface area (Å²) in [6, 6.07) is -0.764. The zero-order valence-electron chi connectivity index (χ0n) is 9.86. The second-order valence-electron chi connectivity index (χ2n) is 4.64. The number of nitrogens with two attached hydrogens (primary N) is 1. The third-order valence-electron chi connectivity index (χ3n) is 2.12. The second kappa shape index (κ2) is 5.52. The molecule has 0 radical (unpaired) electrons. The highest BCUT2D eigenvalue weighted by Crippen LogP contribution is 2.18. The molecule has 5 heteroatoms. The number of terminal acetylenes is 1. The van der Waals surface area contributed by atoms with Gasteiger partial charge in [0.25, 0.3) is 0 Å². The van der Waals surface area contributed by atoms with E-state index in [4.69, 9.17) is 17.3 Å². The summed E-state index contributed by atoms with van der Waals surface area (Å²) in [5.41, 5.74) is 5.32. The number of hydrogen-bond donors (Lipinski definition) is 2. The highest BCUT2D eigenvalue weighted by molar-refractivity contribution is 5.86. The third-order valence-corrected chi connectivity index (χ3v) is 2.12. The number of aliphatic carboxylic acids is 1. The Morgan fingerprint density at radius 2 is 2.00 bits per heavy atom. The van der Waals surface area contributed by atoms with E-state index < -0.39 is 29.9 Å². The molecule has 0 aromatic heterocycles. The topological polar surface area (TPSA) is 83.6 Å². The van der Waals surface area contributed by atoms with Gasteiger partial charge in [0.05, 0.1) is 12.6 Å². The van der Waals surface area contributed by atoms with Gasteiger partial charge in [-0.15, -0.1) is 6.42 Å². The van der Waals surface area contributed by atoms with Gasteiger partial charge in [-0.1, -0.05) is 26.7 Å². The number of carbonyl (C=O) groups is 2. The highest BCUT2D eigenvalue weighted by atomic mass is 16.4. The zero-order chi connectivity index (χ0) is 12.9. The predicted octanol–water partition coefficient (Wildman–Crippen LogP) is -0.0938. The number of rotatable bonds is 4. The maximum Gasteiger partial charge on any atom is 0.323 e. The van der Waals surface area contributed by atoms with Crippen molar-refractivity contribution < 1.29 is 14.7 Å². The Kier molecular flexibility index (Phi) is 4.99. The van der Waals surface area contributed by atoms with Gasteiger partial charge in [0.15, 0.2) is 0 Å². The van der Waals surface area contributed by atoms with Gasteiger partial charge in [0.1, 0.15) is 6.54 Å². The Balaban J connectivity index is 4.75. The summed E-state index contributed by atoms with van der Waals surface area (Å²) in [5, 5.41) is 8.64. The number of nitrogens with zero attached hydrogens (tertiary/aromatic N) is 1. The van der Waals surface area contributed by atoms with Crippen LogP contribution in [0.4, 0.5) is 0 Å². The molecule has 5 nitrogen and oxygen atoms in total. The molecule has 16 heavy (non-hydrogen) atoms. The Labute approximate surface area is 95.6 Å². The van der Waals surface area contributed by atoms with Gasteiger partial charge in [0, 0.05) is 0 Å². The van der Waals surface area contributed by atoms with Crippen LogP contribution in [0, 0.1) is 17.8 Å². The van der Waals surface area contributed by atoms with E-state index in [1.54, 1.807) is 0 Å². The first kappa shape index (κ1) is 14.5. The summed E-state index contributed by atoms with van der Waals surface area (Å²) in [4.78, 5) is 23.5. The van der Waals surface area contributed by atoms with Crippen molar-refractivity contribution in [3.63, 3.8) is 0 Å². The lowest BCUT2D eigenvalue weighted by atomic mass is 9.86.